The number of rotatable bonds is 3. The maximum absolute atomic E-state index is 12.7. The van der Waals surface area contributed by atoms with Crippen LogP contribution in [0.2, 0.25) is 0 Å². The number of fused-ring (bicyclic) bond motifs is 1. The number of halogens is 1. The molecule has 1 aromatic carbocycles. The standard InChI is InChI=1S/C14H17N3O4S.ClH/c1-16-13(18)11-5-4-10(7-12(11)14(16)19)22(20,21)17-6-2-3-9(17)8-15;/h4-5,7,9H,2-3,6,8,15H2,1H3;1H. The van der Waals surface area contributed by atoms with Crippen LogP contribution >= 0.6 is 12.4 Å². The predicted octanol–water partition coefficient (Wildman–Crippen LogP) is 0.446. The molecule has 0 spiro atoms. The molecule has 2 heterocycles. The van der Waals surface area contributed by atoms with Gasteiger partial charge in [0.1, 0.15) is 0 Å². The highest BCUT2D eigenvalue weighted by molar-refractivity contribution is 7.89. The van der Waals surface area contributed by atoms with Gasteiger partial charge in [-0.1, -0.05) is 0 Å². The van der Waals surface area contributed by atoms with Gasteiger partial charge in [0.05, 0.1) is 16.0 Å². The molecule has 2 N–H and O–H groups in total. The highest BCUT2D eigenvalue weighted by atomic mass is 35.5. The van der Waals surface area contributed by atoms with Crippen molar-refractivity contribution in [3.8, 4) is 0 Å². The van der Waals surface area contributed by atoms with Gasteiger partial charge in [-0.05, 0) is 31.0 Å². The summed E-state index contributed by atoms with van der Waals surface area (Å²) in [6, 6.07) is 3.86. The van der Waals surface area contributed by atoms with Crippen molar-refractivity contribution in [3.05, 3.63) is 29.3 Å². The normalized spacial score (nSPS) is 21.5. The van der Waals surface area contributed by atoms with Crippen LogP contribution < -0.4 is 5.73 Å². The predicted molar refractivity (Wildman–Crippen MR) is 86.1 cm³/mol. The zero-order chi connectivity index (χ0) is 16.1. The quantitative estimate of drug-likeness (QED) is 0.789. The Hall–Kier alpha value is -1.48. The fourth-order valence-corrected chi connectivity index (χ4v) is 4.73. The summed E-state index contributed by atoms with van der Waals surface area (Å²) in [5, 5.41) is 0. The highest BCUT2D eigenvalue weighted by Crippen LogP contribution is 2.29. The summed E-state index contributed by atoms with van der Waals surface area (Å²) in [6.07, 6.45) is 1.51. The van der Waals surface area contributed by atoms with Crippen LogP contribution in [0.3, 0.4) is 0 Å². The highest BCUT2D eigenvalue weighted by Gasteiger charge is 2.37. The van der Waals surface area contributed by atoms with Crippen molar-refractivity contribution in [2.75, 3.05) is 20.1 Å². The van der Waals surface area contributed by atoms with E-state index >= 15 is 0 Å². The van der Waals surface area contributed by atoms with Gasteiger partial charge in [0.2, 0.25) is 10.0 Å². The van der Waals surface area contributed by atoms with Crippen molar-refractivity contribution in [1.82, 2.24) is 9.21 Å². The van der Waals surface area contributed by atoms with Gasteiger partial charge in [-0.15, -0.1) is 12.4 Å². The van der Waals surface area contributed by atoms with Gasteiger partial charge >= 0.3 is 0 Å². The van der Waals surface area contributed by atoms with Crippen LogP contribution in [0.1, 0.15) is 33.6 Å². The van der Waals surface area contributed by atoms with E-state index in [9.17, 15) is 18.0 Å². The van der Waals surface area contributed by atoms with Gasteiger partial charge in [-0.2, -0.15) is 4.31 Å². The molecule has 0 aliphatic carbocycles. The van der Waals surface area contributed by atoms with Crippen LogP contribution in [-0.2, 0) is 10.0 Å². The molecular formula is C14H18ClN3O4S. The molecule has 0 bridgehead atoms. The third-order valence-electron chi connectivity index (χ3n) is 4.26. The Morgan fingerprint density at radius 2 is 1.87 bits per heavy atom. The molecule has 0 radical (unpaired) electrons. The van der Waals surface area contributed by atoms with Gasteiger partial charge in [0.15, 0.2) is 0 Å². The van der Waals surface area contributed by atoms with Gasteiger partial charge in [0.25, 0.3) is 11.8 Å². The topological polar surface area (TPSA) is 101 Å². The number of hydrogen-bond donors (Lipinski definition) is 1. The van der Waals surface area contributed by atoms with Crippen LogP contribution in [0.15, 0.2) is 23.1 Å². The van der Waals surface area contributed by atoms with E-state index in [0.29, 0.717) is 6.54 Å². The molecule has 2 aliphatic rings. The molecule has 1 aromatic rings. The van der Waals surface area contributed by atoms with Crippen molar-refractivity contribution in [2.45, 2.75) is 23.8 Å². The summed E-state index contributed by atoms with van der Waals surface area (Å²) in [5.74, 6) is -0.890. The Balaban J connectivity index is 0.00000192. The second-order valence-electron chi connectivity index (χ2n) is 5.52. The van der Waals surface area contributed by atoms with Crippen LogP contribution in [-0.4, -0.2) is 55.6 Å². The third-order valence-corrected chi connectivity index (χ3v) is 6.21. The van der Waals surface area contributed by atoms with Crippen molar-refractivity contribution >= 4 is 34.2 Å². The van der Waals surface area contributed by atoms with E-state index in [2.05, 4.69) is 0 Å². The van der Waals surface area contributed by atoms with Gasteiger partial charge in [0, 0.05) is 26.2 Å². The molecule has 1 fully saturated rings. The average molecular weight is 360 g/mol. The van der Waals surface area contributed by atoms with Crippen molar-refractivity contribution < 1.29 is 18.0 Å². The summed E-state index contributed by atoms with van der Waals surface area (Å²) < 4.78 is 26.9. The lowest BCUT2D eigenvalue weighted by atomic mass is 10.1. The number of nitrogens with two attached hydrogens (primary N) is 1. The minimum absolute atomic E-state index is 0. The maximum atomic E-state index is 12.7. The first kappa shape index (κ1) is 17.9. The van der Waals surface area contributed by atoms with E-state index in [1.54, 1.807) is 0 Å². The van der Waals surface area contributed by atoms with E-state index in [1.807, 2.05) is 0 Å². The number of benzene rings is 1. The SMILES string of the molecule is CN1C(=O)c2ccc(S(=O)(=O)N3CCCC3CN)cc2C1=O.Cl. The Kier molecular flexibility index (Phi) is 4.81. The van der Waals surface area contributed by atoms with E-state index in [0.717, 1.165) is 17.7 Å². The smallest absolute Gasteiger partial charge is 0.261 e. The Bertz CT molecular complexity index is 765. The van der Waals surface area contributed by atoms with Gasteiger partial charge in [-0.25, -0.2) is 8.42 Å². The first-order valence-corrected chi connectivity index (χ1v) is 8.50. The van der Waals surface area contributed by atoms with E-state index in [1.165, 1.54) is 29.6 Å². The van der Waals surface area contributed by atoms with E-state index < -0.39 is 21.8 Å². The molecule has 1 unspecified atom stereocenters. The van der Waals surface area contributed by atoms with Gasteiger partial charge in [-0.3, -0.25) is 14.5 Å². The second kappa shape index (κ2) is 6.20. The first-order chi connectivity index (χ1) is 10.4. The maximum Gasteiger partial charge on any atom is 0.261 e. The number of carbonyl (C=O) groups is 2. The van der Waals surface area contributed by atoms with Crippen LogP contribution in [0.5, 0.6) is 0 Å². The van der Waals surface area contributed by atoms with Crippen LogP contribution in [0.25, 0.3) is 0 Å². The molecule has 1 saturated heterocycles. The lowest BCUT2D eigenvalue weighted by Crippen LogP contribution is -2.39. The summed E-state index contributed by atoms with van der Waals surface area (Å²) in [4.78, 5) is 24.9. The lowest BCUT2D eigenvalue weighted by Gasteiger charge is -2.22. The lowest BCUT2D eigenvalue weighted by molar-refractivity contribution is 0.0693. The Morgan fingerprint density at radius 3 is 2.52 bits per heavy atom. The summed E-state index contributed by atoms with van der Waals surface area (Å²) >= 11 is 0. The Morgan fingerprint density at radius 1 is 1.22 bits per heavy atom. The molecule has 9 heteroatoms. The minimum atomic E-state index is -3.71. The summed E-state index contributed by atoms with van der Waals surface area (Å²) in [7, 11) is -2.33. The molecule has 23 heavy (non-hydrogen) atoms. The molecule has 3 rings (SSSR count). The number of nitrogens with zero attached hydrogens (tertiary/aromatic N) is 2. The molecular weight excluding hydrogens is 342 g/mol. The summed E-state index contributed by atoms with van der Waals surface area (Å²) in [5.41, 5.74) is 6.01. The molecule has 0 aromatic heterocycles. The fourth-order valence-electron chi connectivity index (χ4n) is 3.00. The van der Waals surface area contributed by atoms with Gasteiger partial charge < -0.3 is 5.73 Å². The van der Waals surface area contributed by atoms with Crippen molar-refractivity contribution in [2.24, 2.45) is 5.73 Å². The molecule has 7 nitrogen and oxygen atoms in total. The summed E-state index contributed by atoms with van der Waals surface area (Å²) in [6.45, 7) is 0.693. The first-order valence-electron chi connectivity index (χ1n) is 7.06. The number of imide groups is 1. The van der Waals surface area contributed by atoms with Crippen molar-refractivity contribution in [1.29, 1.82) is 0 Å². The molecule has 0 saturated carbocycles. The largest absolute Gasteiger partial charge is 0.329 e. The average Bonchev–Trinajstić information content (AvgIpc) is 3.08. The second-order valence-corrected chi connectivity index (χ2v) is 7.41. The molecule has 1 atom stereocenters. The third kappa shape index (κ3) is 2.65. The number of amides is 2. The number of sulfonamides is 1. The monoisotopic (exact) mass is 359 g/mol. The van der Waals surface area contributed by atoms with E-state index in [4.69, 9.17) is 5.73 Å². The number of hydrogen-bond acceptors (Lipinski definition) is 5. The fraction of sp³-hybridized carbons (Fsp3) is 0.429. The zero-order valence-corrected chi connectivity index (χ0v) is 14.2. The van der Waals surface area contributed by atoms with E-state index in [-0.39, 0.29) is 41.0 Å². The minimum Gasteiger partial charge on any atom is -0.329 e. The molecule has 2 amide bonds. The van der Waals surface area contributed by atoms with Crippen molar-refractivity contribution in [3.63, 3.8) is 0 Å². The molecule has 2 aliphatic heterocycles. The number of carbonyl (C=O) groups excluding carboxylic acids is 2. The molecule has 126 valence electrons. The Labute approximate surface area is 140 Å². The van der Waals surface area contributed by atoms with Crippen LogP contribution in [0, 0.1) is 0 Å². The van der Waals surface area contributed by atoms with Crippen LogP contribution in [0.4, 0.5) is 0 Å². The zero-order valence-electron chi connectivity index (χ0n) is 12.6.